The van der Waals surface area contributed by atoms with E-state index < -0.39 is 0 Å². The van der Waals surface area contributed by atoms with Gasteiger partial charge in [0.25, 0.3) is 5.91 Å². The highest BCUT2D eigenvalue weighted by Crippen LogP contribution is 2.28. The van der Waals surface area contributed by atoms with Crippen LogP contribution in [-0.2, 0) is 11.2 Å². The molecule has 1 fully saturated rings. The van der Waals surface area contributed by atoms with Crippen molar-refractivity contribution in [3.63, 3.8) is 0 Å². The first-order valence-corrected chi connectivity index (χ1v) is 10.8. The van der Waals surface area contributed by atoms with E-state index in [1.165, 1.54) is 11.3 Å². The minimum absolute atomic E-state index is 0.0372. The van der Waals surface area contributed by atoms with Crippen LogP contribution in [0.15, 0.2) is 27.4 Å². The van der Waals surface area contributed by atoms with Gasteiger partial charge in [0.05, 0.1) is 17.0 Å². The fraction of sp³-hybridized carbons (Fsp3) is 0.368. The number of rotatable bonds is 4. The lowest BCUT2D eigenvalue weighted by Crippen LogP contribution is -2.51. The van der Waals surface area contributed by atoms with E-state index in [0.29, 0.717) is 37.6 Å². The van der Waals surface area contributed by atoms with Gasteiger partial charge >= 0.3 is 0 Å². The molecule has 2 amide bonds. The van der Waals surface area contributed by atoms with Gasteiger partial charge in [-0.15, -0.1) is 22.7 Å². The van der Waals surface area contributed by atoms with Crippen LogP contribution in [0.2, 0.25) is 0 Å². The van der Waals surface area contributed by atoms with Crippen molar-refractivity contribution in [1.29, 1.82) is 0 Å². The molecule has 9 heteroatoms. The molecule has 0 bridgehead atoms. The van der Waals surface area contributed by atoms with Crippen LogP contribution in [0.3, 0.4) is 0 Å². The Morgan fingerprint density at radius 1 is 1.14 bits per heavy atom. The largest absolute Gasteiger partial charge is 0.361 e. The summed E-state index contributed by atoms with van der Waals surface area (Å²) in [6.45, 7) is 5.73. The summed E-state index contributed by atoms with van der Waals surface area (Å²) >= 11 is 3.09. The first kappa shape index (κ1) is 18.8. The maximum atomic E-state index is 12.8. The van der Waals surface area contributed by atoms with Crippen LogP contribution in [0.4, 0.5) is 0 Å². The molecule has 28 heavy (non-hydrogen) atoms. The smallest absolute Gasteiger partial charge is 0.273 e. The number of nitrogens with zero attached hydrogens (tertiary/aromatic N) is 4. The van der Waals surface area contributed by atoms with E-state index in [1.54, 1.807) is 21.1 Å². The first-order valence-electron chi connectivity index (χ1n) is 9.01. The molecule has 1 saturated heterocycles. The van der Waals surface area contributed by atoms with Crippen molar-refractivity contribution in [2.24, 2.45) is 0 Å². The van der Waals surface area contributed by atoms with Crippen molar-refractivity contribution in [3.8, 4) is 9.88 Å². The number of carbonyl (C=O) groups is 2. The average molecular weight is 417 g/mol. The Hall–Kier alpha value is -2.52. The van der Waals surface area contributed by atoms with Gasteiger partial charge in [-0.05, 0) is 25.3 Å². The zero-order valence-electron chi connectivity index (χ0n) is 15.7. The van der Waals surface area contributed by atoms with Gasteiger partial charge in [-0.25, -0.2) is 4.98 Å². The van der Waals surface area contributed by atoms with Gasteiger partial charge in [0.2, 0.25) is 5.91 Å². The topological polar surface area (TPSA) is 79.5 Å². The zero-order valence-corrected chi connectivity index (χ0v) is 17.3. The second-order valence-electron chi connectivity index (χ2n) is 6.67. The molecule has 0 radical (unpaired) electrons. The average Bonchev–Trinajstić information content (AvgIpc) is 3.45. The summed E-state index contributed by atoms with van der Waals surface area (Å²) in [6, 6.07) is 3.98. The molecular weight excluding hydrogens is 396 g/mol. The van der Waals surface area contributed by atoms with Crippen molar-refractivity contribution in [3.05, 3.63) is 45.6 Å². The molecule has 3 aromatic heterocycles. The summed E-state index contributed by atoms with van der Waals surface area (Å²) < 4.78 is 5.13. The number of thiazole rings is 1. The Morgan fingerprint density at radius 3 is 2.54 bits per heavy atom. The second-order valence-corrected chi connectivity index (χ2v) is 8.47. The number of amides is 2. The van der Waals surface area contributed by atoms with Gasteiger partial charge in [-0.1, -0.05) is 11.2 Å². The number of aromatic nitrogens is 2. The standard InChI is InChI=1S/C19H20N4O3S2/c1-12-14(13(2)26-21-12)10-17(24)22-5-7-23(8-6-22)19(25)15-11-28-18(20-15)16-4-3-9-27-16/h3-4,9,11H,5-8,10H2,1-2H3. The van der Waals surface area contributed by atoms with E-state index in [2.05, 4.69) is 10.1 Å². The Bertz CT molecular complexity index is 965. The van der Waals surface area contributed by atoms with E-state index in [0.717, 1.165) is 21.1 Å². The van der Waals surface area contributed by atoms with Crippen molar-refractivity contribution >= 4 is 34.5 Å². The molecule has 0 aromatic carbocycles. The van der Waals surface area contributed by atoms with Crippen LogP contribution in [0.25, 0.3) is 9.88 Å². The Balaban J connectivity index is 1.35. The Morgan fingerprint density at radius 2 is 1.89 bits per heavy atom. The number of hydrogen-bond donors (Lipinski definition) is 0. The third kappa shape index (κ3) is 3.72. The van der Waals surface area contributed by atoms with Crippen molar-refractivity contribution in [1.82, 2.24) is 19.9 Å². The highest BCUT2D eigenvalue weighted by Gasteiger charge is 2.27. The maximum Gasteiger partial charge on any atom is 0.273 e. The van der Waals surface area contributed by atoms with Gasteiger partial charge in [-0.2, -0.15) is 0 Å². The molecule has 0 spiro atoms. The molecule has 7 nitrogen and oxygen atoms in total. The van der Waals surface area contributed by atoms with Gasteiger partial charge in [0.15, 0.2) is 0 Å². The van der Waals surface area contributed by atoms with Gasteiger partial charge in [0, 0.05) is 37.1 Å². The summed E-state index contributed by atoms with van der Waals surface area (Å²) in [5, 5.41) is 8.58. The lowest BCUT2D eigenvalue weighted by atomic mass is 10.1. The molecule has 4 rings (SSSR count). The molecule has 0 atom stereocenters. The van der Waals surface area contributed by atoms with E-state index in [9.17, 15) is 9.59 Å². The number of piperazine rings is 1. The summed E-state index contributed by atoms with van der Waals surface area (Å²) in [6.07, 6.45) is 0.283. The summed E-state index contributed by atoms with van der Waals surface area (Å²) in [4.78, 5) is 34.5. The number of carbonyl (C=O) groups excluding carboxylic acids is 2. The fourth-order valence-corrected chi connectivity index (χ4v) is 4.83. The van der Waals surface area contributed by atoms with Crippen LogP contribution in [0.5, 0.6) is 0 Å². The highest BCUT2D eigenvalue weighted by molar-refractivity contribution is 7.20. The number of thiophene rings is 1. The fourth-order valence-electron chi connectivity index (χ4n) is 3.22. The molecule has 0 saturated carbocycles. The minimum Gasteiger partial charge on any atom is -0.361 e. The third-order valence-electron chi connectivity index (χ3n) is 4.88. The molecule has 0 aliphatic carbocycles. The predicted octanol–water partition coefficient (Wildman–Crippen LogP) is 3.00. The van der Waals surface area contributed by atoms with Crippen LogP contribution in [0.1, 0.15) is 27.5 Å². The van der Waals surface area contributed by atoms with Crippen LogP contribution in [-0.4, -0.2) is 57.9 Å². The zero-order chi connectivity index (χ0) is 19.7. The molecular formula is C19H20N4O3S2. The highest BCUT2D eigenvalue weighted by atomic mass is 32.1. The first-order chi connectivity index (χ1) is 13.5. The predicted molar refractivity (Wildman–Crippen MR) is 108 cm³/mol. The monoisotopic (exact) mass is 416 g/mol. The Labute approximate surface area is 170 Å². The number of aryl methyl sites for hydroxylation is 2. The van der Waals surface area contributed by atoms with E-state index in [-0.39, 0.29) is 18.2 Å². The lowest BCUT2D eigenvalue weighted by molar-refractivity contribution is -0.131. The van der Waals surface area contributed by atoms with Crippen molar-refractivity contribution in [2.45, 2.75) is 20.3 Å². The van der Waals surface area contributed by atoms with E-state index in [1.807, 2.05) is 36.7 Å². The third-order valence-corrected chi connectivity index (χ3v) is 6.77. The summed E-state index contributed by atoms with van der Waals surface area (Å²) in [5.74, 6) is 0.650. The second kappa shape index (κ2) is 7.84. The molecule has 3 aromatic rings. The molecule has 4 heterocycles. The maximum absolute atomic E-state index is 12.8. The normalized spacial score (nSPS) is 14.5. The molecule has 1 aliphatic heterocycles. The van der Waals surface area contributed by atoms with Gasteiger partial charge in [-0.3, -0.25) is 9.59 Å². The minimum atomic E-state index is -0.0723. The lowest BCUT2D eigenvalue weighted by Gasteiger charge is -2.34. The molecule has 0 N–H and O–H groups in total. The molecule has 146 valence electrons. The quantitative estimate of drug-likeness (QED) is 0.653. The number of hydrogen-bond acceptors (Lipinski definition) is 7. The SMILES string of the molecule is Cc1noc(C)c1CC(=O)N1CCN(C(=O)c2csc(-c3cccs3)n2)CC1. The van der Waals surface area contributed by atoms with E-state index >= 15 is 0 Å². The van der Waals surface area contributed by atoms with Gasteiger partial charge in [0.1, 0.15) is 16.5 Å². The van der Waals surface area contributed by atoms with Crippen LogP contribution < -0.4 is 0 Å². The van der Waals surface area contributed by atoms with Crippen molar-refractivity contribution < 1.29 is 14.1 Å². The van der Waals surface area contributed by atoms with E-state index in [4.69, 9.17) is 4.52 Å². The molecule has 0 unspecified atom stereocenters. The molecule has 1 aliphatic rings. The summed E-state index contributed by atoms with van der Waals surface area (Å²) in [5.41, 5.74) is 2.08. The van der Waals surface area contributed by atoms with Crippen molar-refractivity contribution in [2.75, 3.05) is 26.2 Å². The van der Waals surface area contributed by atoms with Crippen LogP contribution in [0, 0.1) is 13.8 Å². The van der Waals surface area contributed by atoms with Crippen LogP contribution >= 0.6 is 22.7 Å². The summed E-state index contributed by atoms with van der Waals surface area (Å²) in [7, 11) is 0. The Kier molecular flexibility index (Phi) is 5.27. The van der Waals surface area contributed by atoms with Gasteiger partial charge < -0.3 is 14.3 Å².